The van der Waals surface area contributed by atoms with Gasteiger partial charge in [-0.3, -0.25) is 14.8 Å². The molecule has 1 N–H and O–H groups in total. The highest BCUT2D eigenvalue weighted by molar-refractivity contribution is 6.32. The Morgan fingerprint density at radius 2 is 2.06 bits per heavy atom. The maximum absolute atomic E-state index is 12.7. The summed E-state index contributed by atoms with van der Waals surface area (Å²) in [6, 6.07) is 8.02. The van der Waals surface area contributed by atoms with Gasteiger partial charge in [-0.15, -0.1) is 0 Å². The van der Waals surface area contributed by atoms with Gasteiger partial charge in [-0.25, -0.2) is 0 Å². The first-order valence-electron chi connectivity index (χ1n) is 11.5. The second-order valence-electron chi connectivity index (χ2n) is 9.46. The number of carbonyl (C=O) groups excluding carboxylic acids is 1. The lowest BCUT2D eigenvalue weighted by molar-refractivity contribution is 0.0417. The summed E-state index contributed by atoms with van der Waals surface area (Å²) in [4.78, 5) is 16.9. The number of nitrogens with one attached hydrogen (secondary N) is 1. The zero-order valence-electron chi connectivity index (χ0n) is 18.1. The van der Waals surface area contributed by atoms with Crippen LogP contribution in [-0.2, 0) is 6.54 Å². The van der Waals surface area contributed by atoms with Crippen molar-refractivity contribution in [2.75, 3.05) is 26.7 Å². The standard InChI is InChI=1S/C24H31ClN4O2/c1-28(24(30)21-13-20(26-27-21)17-7-8-17)14-16-11-19(12-16)31-22-6-4-5-18(23(22)25)15-29-9-2-3-10-29/h4-6,13,16-17,19H,2-3,7-12,14-15H2,1H3,(H,26,27). The SMILES string of the molecule is CN(CC1CC(Oc2cccc(CN3CCCC3)c2Cl)C1)C(=O)c1cc(C2CC2)[nH]n1. The summed E-state index contributed by atoms with van der Waals surface area (Å²) in [5, 5.41) is 7.98. The molecule has 0 bridgehead atoms. The minimum Gasteiger partial charge on any atom is -0.489 e. The maximum Gasteiger partial charge on any atom is 0.274 e. The quantitative estimate of drug-likeness (QED) is 0.655. The molecule has 1 saturated heterocycles. The zero-order valence-corrected chi connectivity index (χ0v) is 18.9. The van der Waals surface area contributed by atoms with E-state index in [1.807, 2.05) is 25.2 Å². The Bertz CT molecular complexity index is 929. The lowest BCUT2D eigenvalue weighted by atomic mass is 9.82. The monoisotopic (exact) mass is 442 g/mol. The third kappa shape index (κ3) is 4.75. The normalized spacial score (nSPS) is 23.5. The van der Waals surface area contributed by atoms with Gasteiger partial charge in [0.05, 0.1) is 11.1 Å². The van der Waals surface area contributed by atoms with E-state index < -0.39 is 0 Å². The zero-order chi connectivity index (χ0) is 21.4. The summed E-state index contributed by atoms with van der Waals surface area (Å²) >= 11 is 6.66. The second kappa shape index (κ2) is 8.83. The predicted molar refractivity (Wildman–Crippen MR) is 121 cm³/mol. The number of aromatic nitrogens is 2. The van der Waals surface area contributed by atoms with Crippen molar-refractivity contribution in [3.63, 3.8) is 0 Å². The number of hydrogen-bond acceptors (Lipinski definition) is 4. The van der Waals surface area contributed by atoms with Crippen LogP contribution in [0.5, 0.6) is 5.75 Å². The molecule has 1 aromatic carbocycles. The highest BCUT2D eigenvalue weighted by Crippen LogP contribution is 2.39. The number of amides is 1. The lowest BCUT2D eigenvalue weighted by Gasteiger charge is -2.37. The number of H-pyrrole nitrogens is 1. The van der Waals surface area contributed by atoms with Crippen molar-refractivity contribution >= 4 is 17.5 Å². The van der Waals surface area contributed by atoms with Crippen LogP contribution >= 0.6 is 11.6 Å². The topological polar surface area (TPSA) is 61.5 Å². The predicted octanol–water partition coefficient (Wildman–Crippen LogP) is 4.47. The molecule has 2 aliphatic carbocycles. The molecular weight excluding hydrogens is 412 g/mol. The summed E-state index contributed by atoms with van der Waals surface area (Å²) in [5.74, 6) is 1.80. The van der Waals surface area contributed by atoms with Crippen LogP contribution in [0.2, 0.25) is 5.02 Å². The number of likely N-dealkylation sites (tertiary alicyclic amines) is 1. The third-order valence-electron chi connectivity index (χ3n) is 6.83. The van der Waals surface area contributed by atoms with Gasteiger partial charge in [0.15, 0.2) is 0 Å². The molecular formula is C24H31ClN4O2. The molecule has 3 fully saturated rings. The summed E-state index contributed by atoms with van der Waals surface area (Å²) in [6.07, 6.45) is 6.99. The molecule has 1 aromatic heterocycles. The molecule has 2 saturated carbocycles. The Morgan fingerprint density at radius 3 is 2.81 bits per heavy atom. The average Bonchev–Trinajstić information content (AvgIpc) is 3.23. The summed E-state index contributed by atoms with van der Waals surface area (Å²) in [6.45, 7) is 3.93. The molecule has 1 amide bonds. The van der Waals surface area contributed by atoms with E-state index in [2.05, 4.69) is 21.2 Å². The molecule has 0 spiro atoms. The van der Waals surface area contributed by atoms with Crippen LogP contribution < -0.4 is 4.74 Å². The van der Waals surface area contributed by atoms with Crippen molar-refractivity contribution in [1.29, 1.82) is 0 Å². The Balaban J connectivity index is 1.10. The van der Waals surface area contributed by atoms with Crippen molar-refractivity contribution in [3.05, 3.63) is 46.2 Å². The van der Waals surface area contributed by atoms with Gasteiger partial charge in [0.25, 0.3) is 5.91 Å². The summed E-state index contributed by atoms with van der Waals surface area (Å²) in [7, 11) is 1.86. The van der Waals surface area contributed by atoms with E-state index in [1.54, 1.807) is 4.90 Å². The van der Waals surface area contributed by atoms with E-state index in [0.717, 1.165) is 61.1 Å². The molecule has 0 atom stereocenters. The number of nitrogens with zero attached hydrogens (tertiary/aromatic N) is 3. The molecule has 2 aromatic rings. The Kier molecular flexibility index (Phi) is 5.93. The number of aromatic amines is 1. The first-order valence-corrected chi connectivity index (χ1v) is 11.9. The molecule has 2 heterocycles. The van der Waals surface area contributed by atoms with Crippen molar-refractivity contribution in [1.82, 2.24) is 20.0 Å². The Hall–Kier alpha value is -2.05. The van der Waals surface area contributed by atoms with Crippen LogP contribution in [0.25, 0.3) is 0 Å². The van der Waals surface area contributed by atoms with Crippen LogP contribution in [0.4, 0.5) is 0 Å². The first-order chi connectivity index (χ1) is 15.1. The fourth-order valence-corrected chi connectivity index (χ4v) is 5.00. The molecule has 7 heteroatoms. The number of rotatable bonds is 8. The van der Waals surface area contributed by atoms with Gasteiger partial charge in [0.1, 0.15) is 11.4 Å². The van der Waals surface area contributed by atoms with Crippen LogP contribution in [0.3, 0.4) is 0 Å². The number of carbonyl (C=O) groups is 1. The number of ether oxygens (including phenoxy) is 1. The maximum atomic E-state index is 12.7. The van der Waals surface area contributed by atoms with Crippen LogP contribution in [-0.4, -0.2) is 58.7 Å². The molecule has 6 nitrogen and oxygen atoms in total. The van der Waals surface area contributed by atoms with Crippen LogP contribution in [0.15, 0.2) is 24.3 Å². The van der Waals surface area contributed by atoms with E-state index in [-0.39, 0.29) is 12.0 Å². The van der Waals surface area contributed by atoms with Gasteiger partial charge < -0.3 is 9.64 Å². The molecule has 31 heavy (non-hydrogen) atoms. The van der Waals surface area contributed by atoms with E-state index in [1.165, 1.54) is 25.7 Å². The molecule has 0 unspecified atom stereocenters. The van der Waals surface area contributed by atoms with Crippen molar-refractivity contribution in [3.8, 4) is 5.75 Å². The fraction of sp³-hybridized carbons (Fsp3) is 0.583. The van der Waals surface area contributed by atoms with Crippen molar-refractivity contribution in [2.45, 2.75) is 57.1 Å². The molecule has 0 radical (unpaired) electrons. The summed E-state index contributed by atoms with van der Waals surface area (Å²) in [5.41, 5.74) is 2.77. The molecule has 5 rings (SSSR count). The lowest BCUT2D eigenvalue weighted by Crippen LogP contribution is -2.42. The van der Waals surface area contributed by atoms with Crippen LogP contribution in [0, 0.1) is 5.92 Å². The van der Waals surface area contributed by atoms with Gasteiger partial charge in [0, 0.05) is 31.7 Å². The highest BCUT2D eigenvalue weighted by atomic mass is 35.5. The van der Waals surface area contributed by atoms with E-state index in [4.69, 9.17) is 16.3 Å². The number of halogens is 1. The fourth-order valence-electron chi connectivity index (χ4n) is 4.77. The second-order valence-corrected chi connectivity index (χ2v) is 9.84. The number of hydrogen-bond donors (Lipinski definition) is 1. The Labute approximate surface area is 188 Å². The minimum atomic E-state index is -0.00910. The van der Waals surface area contributed by atoms with Crippen molar-refractivity contribution < 1.29 is 9.53 Å². The Morgan fingerprint density at radius 1 is 1.29 bits per heavy atom. The van der Waals surface area contributed by atoms with Gasteiger partial charge in [-0.1, -0.05) is 23.7 Å². The minimum absolute atomic E-state index is 0.00910. The van der Waals surface area contributed by atoms with E-state index in [9.17, 15) is 4.79 Å². The largest absolute Gasteiger partial charge is 0.489 e. The molecule has 166 valence electrons. The smallest absolute Gasteiger partial charge is 0.274 e. The summed E-state index contributed by atoms with van der Waals surface area (Å²) < 4.78 is 6.21. The van der Waals surface area contributed by atoms with E-state index in [0.29, 0.717) is 17.5 Å². The van der Waals surface area contributed by atoms with Gasteiger partial charge in [0.2, 0.25) is 0 Å². The van der Waals surface area contributed by atoms with Crippen LogP contribution in [0.1, 0.15) is 66.2 Å². The number of benzene rings is 1. The highest BCUT2D eigenvalue weighted by Gasteiger charge is 2.34. The average molecular weight is 443 g/mol. The van der Waals surface area contributed by atoms with Gasteiger partial charge >= 0.3 is 0 Å². The molecule has 1 aliphatic heterocycles. The third-order valence-corrected chi connectivity index (χ3v) is 7.26. The first kappa shape index (κ1) is 20.8. The van der Waals surface area contributed by atoms with E-state index >= 15 is 0 Å². The van der Waals surface area contributed by atoms with Gasteiger partial charge in [-0.05, 0) is 75.2 Å². The van der Waals surface area contributed by atoms with Gasteiger partial charge in [-0.2, -0.15) is 5.10 Å². The van der Waals surface area contributed by atoms with Crippen molar-refractivity contribution in [2.24, 2.45) is 5.92 Å². The molecule has 3 aliphatic rings.